The highest BCUT2D eigenvalue weighted by Crippen LogP contribution is 2.12. The first-order valence-corrected chi connectivity index (χ1v) is 3.96. The van der Waals surface area contributed by atoms with Gasteiger partial charge in [0, 0.05) is 7.11 Å². The molecule has 0 bridgehead atoms. The quantitative estimate of drug-likeness (QED) is 0.598. The Bertz CT molecular complexity index is 175. The fourth-order valence-corrected chi connectivity index (χ4v) is 0.880. The summed E-state index contributed by atoms with van der Waals surface area (Å²) in [5.41, 5.74) is 0. The highest BCUT2D eigenvalue weighted by Gasteiger charge is 2.17. The van der Waals surface area contributed by atoms with Crippen LogP contribution in [0.25, 0.3) is 0 Å². The lowest BCUT2D eigenvalue weighted by atomic mass is 10.5. The summed E-state index contributed by atoms with van der Waals surface area (Å²) in [5.74, 6) is 0. The molecule has 2 atom stereocenters. The smallest absolute Gasteiger partial charge is 0.180 e. The van der Waals surface area contributed by atoms with Crippen LogP contribution in [0.15, 0.2) is 24.3 Å². The van der Waals surface area contributed by atoms with Crippen LogP contribution in [0.5, 0.6) is 0 Å². The number of ether oxygens (including phenoxy) is 3. The van der Waals surface area contributed by atoms with Gasteiger partial charge in [-0.15, -0.1) is 0 Å². The summed E-state index contributed by atoms with van der Waals surface area (Å²) >= 11 is 0. The Kier molecular flexibility index (Phi) is 4.00. The lowest BCUT2D eigenvalue weighted by Crippen LogP contribution is -2.16. The summed E-state index contributed by atoms with van der Waals surface area (Å²) < 4.78 is 15.5. The molecule has 1 aliphatic rings. The molecule has 0 spiro atoms. The monoisotopic (exact) mass is 170 g/mol. The molecule has 0 N–H and O–H groups in total. The topological polar surface area (TPSA) is 27.7 Å². The fourth-order valence-electron chi connectivity index (χ4n) is 0.880. The summed E-state index contributed by atoms with van der Waals surface area (Å²) in [6.45, 7) is 2.52. The maximum atomic E-state index is 5.30. The van der Waals surface area contributed by atoms with Gasteiger partial charge in [0.25, 0.3) is 0 Å². The van der Waals surface area contributed by atoms with E-state index in [2.05, 4.69) is 0 Å². The Hall–Kier alpha value is -0.640. The average Bonchev–Trinajstić information content (AvgIpc) is 2.53. The van der Waals surface area contributed by atoms with Crippen LogP contribution in [-0.2, 0) is 14.2 Å². The van der Waals surface area contributed by atoms with Crippen molar-refractivity contribution in [2.45, 2.75) is 19.5 Å². The van der Waals surface area contributed by atoms with E-state index in [1.165, 1.54) is 0 Å². The van der Waals surface area contributed by atoms with E-state index < -0.39 is 0 Å². The lowest BCUT2D eigenvalue weighted by molar-refractivity contribution is -0.179. The Morgan fingerprint density at radius 2 is 2.17 bits per heavy atom. The van der Waals surface area contributed by atoms with Gasteiger partial charge in [0.05, 0.1) is 6.61 Å². The Labute approximate surface area is 72.6 Å². The molecule has 1 heterocycles. The Morgan fingerprint density at radius 3 is 2.75 bits per heavy atom. The predicted molar refractivity (Wildman–Crippen MR) is 45.6 cm³/mol. The minimum Gasteiger partial charge on any atom is -0.352 e. The molecule has 0 aliphatic carbocycles. The minimum absolute atomic E-state index is 0.249. The number of methoxy groups -OCH3 is 1. The van der Waals surface area contributed by atoms with E-state index in [9.17, 15) is 0 Å². The van der Waals surface area contributed by atoms with Crippen molar-refractivity contribution in [2.24, 2.45) is 0 Å². The van der Waals surface area contributed by atoms with Crippen molar-refractivity contribution in [1.82, 2.24) is 0 Å². The largest absolute Gasteiger partial charge is 0.352 e. The zero-order valence-corrected chi connectivity index (χ0v) is 7.40. The van der Waals surface area contributed by atoms with Gasteiger partial charge >= 0.3 is 0 Å². The molecule has 0 saturated carbocycles. The molecular weight excluding hydrogens is 156 g/mol. The fraction of sp³-hybridized carbons (Fsp3) is 0.556. The van der Waals surface area contributed by atoms with E-state index in [4.69, 9.17) is 14.2 Å². The van der Waals surface area contributed by atoms with Gasteiger partial charge in [0.15, 0.2) is 12.6 Å². The second-order valence-electron chi connectivity index (χ2n) is 2.40. The summed E-state index contributed by atoms with van der Waals surface area (Å²) in [7, 11) is 1.60. The molecule has 2 unspecified atom stereocenters. The molecule has 0 amide bonds. The van der Waals surface area contributed by atoms with Gasteiger partial charge in [0.1, 0.15) is 0 Å². The molecule has 1 aliphatic heterocycles. The summed E-state index contributed by atoms with van der Waals surface area (Å²) in [6, 6.07) is 0. The van der Waals surface area contributed by atoms with E-state index in [1.807, 2.05) is 31.2 Å². The molecule has 0 fully saturated rings. The number of hydrogen-bond donors (Lipinski definition) is 0. The standard InChI is InChI=1S/C9H14O3/c1-3-4-7-11-9-6-5-8(10-2)12-9/h3-6,8-9H,7H2,1-2H3/b4-3+. The van der Waals surface area contributed by atoms with Crippen LogP contribution in [0.3, 0.4) is 0 Å². The SMILES string of the molecule is C/C=C/COC1C=CC(OC)O1. The molecule has 1 rings (SSSR count). The van der Waals surface area contributed by atoms with Crippen LogP contribution < -0.4 is 0 Å². The first-order chi connectivity index (χ1) is 5.86. The zero-order valence-electron chi connectivity index (χ0n) is 7.40. The van der Waals surface area contributed by atoms with Crippen LogP contribution in [0.2, 0.25) is 0 Å². The molecule has 3 nitrogen and oxygen atoms in total. The van der Waals surface area contributed by atoms with Crippen molar-refractivity contribution in [2.75, 3.05) is 13.7 Å². The molecule has 3 heteroatoms. The van der Waals surface area contributed by atoms with Crippen molar-refractivity contribution in [3.63, 3.8) is 0 Å². The van der Waals surface area contributed by atoms with Crippen molar-refractivity contribution < 1.29 is 14.2 Å². The third kappa shape index (κ3) is 2.77. The highest BCUT2D eigenvalue weighted by molar-refractivity contribution is 4.95. The van der Waals surface area contributed by atoms with Gasteiger partial charge in [-0.2, -0.15) is 0 Å². The first-order valence-electron chi connectivity index (χ1n) is 3.96. The van der Waals surface area contributed by atoms with Crippen molar-refractivity contribution in [3.05, 3.63) is 24.3 Å². The molecule has 0 radical (unpaired) electrons. The minimum atomic E-state index is -0.258. The average molecular weight is 170 g/mol. The molecule has 0 aromatic heterocycles. The normalized spacial score (nSPS) is 28.8. The molecule has 0 aromatic carbocycles. The Morgan fingerprint density at radius 1 is 1.42 bits per heavy atom. The van der Waals surface area contributed by atoms with Crippen LogP contribution in [-0.4, -0.2) is 26.3 Å². The van der Waals surface area contributed by atoms with Gasteiger partial charge in [-0.05, 0) is 19.1 Å². The van der Waals surface area contributed by atoms with Crippen molar-refractivity contribution in [3.8, 4) is 0 Å². The van der Waals surface area contributed by atoms with Crippen LogP contribution in [0, 0.1) is 0 Å². The highest BCUT2D eigenvalue weighted by atomic mass is 16.8. The first kappa shape index (κ1) is 9.45. The summed E-state index contributed by atoms with van der Waals surface area (Å²) in [4.78, 5) is 0. The van der Waals surface area contributed by atoms with E-state index in [0.29, 0.717) is 6.61 Å². The number of rotatable bonds is 4. The molecule has 0 aromatic rings. The molecule has 68 valence electrons. The maximum Gasteiger partial charge on any atom is 0.180 e. The third-order valence-corrected chi connectivity index (χ3v) is 1.52. The third-order valence-electron chi connectivity index (χ3n) is 1.52. The van der Waals surface area contributed by atoms with E-state index >= 15 is 0 Å². The van der Waals surface area contributed by atoms with Crippen LogP contribution >= 0.6 is 0 Å². The van der Waals surface area contributed by atoms with Crippen LogP contribution in [0.4, 0.5) is 0 Å². The summed E-state index contributed by atoms with van der Waals surface area (Å²) in [6.07, 6.45) is 7.04. The predicted octanol–water partition coefficient (Wildman–Crippen LogP) is 1.46. The van der Waals surface area contributed by atoms with Gasteiger partial charge in [-0.25, -0.2) is 0 Å². The van der Waals surface area contributed by atoms with Crippen molar-refractivity contribution >= 4 is 0 Å². The Balaban J connectivity index is 2.16. The number of hydrogen-bond acceptors (Lipinski definition) is 3. The van der Waals surface area contributed by atoms with Gasteiger partial charge < -0.3 is 14.2 Å². The zero-order chi connectivity index (χ0) is 8.81. The van der Waals surface area contributed by atoms with Gasteiger partial charge in [0.2, 0.25) is 0 Å². The second kappa shape index (κ2) is 5.09. The number of allylic oxidation sites excluding steroid dienone is 1. The van der Waals surface area contributed by atoms with Gasteiger partial charge in [-0.3, -0.25) is 0 Å². The lowest BCUT2D eigenvalue weighted by Gasteiger charge is -2.11. The molecule has 0 saturated heterocycles. The molecular formula is C9H14O3. The van der Waals surface area contributed by atoms with Crippen molar-refractivity contribution in [1.29, 1.82) is 0 Å². The van der Waals surface area contributed by atoms with E-state index in [-0.39, 0.29) is 12.6 Å². The van der Waals surface area contributed by atoms with E-state index in [1.54, 1.807) is 7.11 Å². The van der Waals surface area contributed by atoms with Crippen LogP contribution in [0.1, 0.15) is 6.92 Å². The second-order valence-corrected chi connectivity index (χ2v) is 2.40. The van der Waals surface area contributed by atoms with E-state index in [0.717, 1.165) is 0 Å². The van der Waals surface area contributed by atoms with Gasteiger partial charge in [-0.1, -0.05) is 12.2 Å². The maximum absolute atomic E-state index is 5.30. The molecule has 12 heavy (non-hydrogen) atoms. The summed E-state index contributed by atoms with van der Waals surface area (Å²) in [5, 5.41) is 0.